The number of hydrogen-bond donors (Lipinski definition) is 4. The lowest BCUT2D eigenvalue weighted by molar-refractivity contribution is -0.378. The van der Waals surface area contributed by atoms with Crippen molar-refractivity contribution in [2.24, 2.45) is 11.3 Å². The zero-order valence-electron chi connectivity index (χ0n) is 30.0. The number of rotatable bonds is 14. The Morgan fingerprint density at radius 2 is 1.67 bits per heavy atom. The van der Waals surface area contributed by atoms with E-state index in [2.05, 4.69) is 6.92 Å². The summed E-state index contributed by atoms with van der Waals surface area (Å²) in [4.78, 5) is 14.0. The van der Waals surface area contributed by atoms with Crippen LogP contribution >= 0.6 is 0 Å². The number of cyclic esters (lactones) is 1. The Labute approximate surface area is 290 Å². The van der Waals surface area contributed by atoms with Crippen LogP contribution in [0.1, 0.15) is 65.4 Å². The van der Waals surface area contributed by atoms with E-state index in [0.29, 0.717) is 13.2 Å². The minimum absolute atomic E-state index is 0.00937. The smallest absolute Gasteiger partial charge is 0.338 e. The standard InChI is InChI=1S/C36H58O13/c1-8-24(19-45-20-25-12-10-9-11-13-25)14-23(2)29-16-26(44-7)18-31(38)35(3,4)36(41)33(39)28(37)15-27(49-36)17-30(46-21-42-5)32(34(40)48-29)47-22-43-6/h9-14,24,26-33,37-39,41H,8,15-22H2,1-7H3/b23-14-/t24-,26-,27-,28-,29+,30-,31+,32+,33-,36+/m1/s1. The Hall–Kier alpha value is -2.01. The summed E-state index contributed by atoms with van der Waals surface area (Å²) in [7, 11) is 4.32. The molecule has 0 saturated carbocycles. The monoisotopic (exact) mass is 698 g/mol. The molecule has 3 rings (SSSR count). The van der Waals surface area contributed by atoms with Crippen molar-refractivity contribution < 1.29 is 63.1 Å². The molecule has 0 aromatic heterocycles. The lowest BCUT2D eigenvalue weighted by Crippen LogP contribution is -2.68. The zero-order chi connectivity index (χ0) is 36.2. The number of aliphatic hydroxyl groups excluding tert-OH is 3. The van der Waals surface area contributed by atoms with Gasteiger partial charge in [0.15, 0.2) is 6.10 Å². The fourth-order valence-electron chi connectivity index (χ4n) is 6.38. The van der Waals surface area contributed by atoms with Gasteiger partial charge in [-0.15, -0.1) is 0 Å². The molecule has 0 spiro atoms. The number of benzene rings is 1. The SMILES string of the molecule is CC[C@H](/C=C(/C)[C@@H]1C[C@@H](OC)C[C@H](O)C(C)(C)[C@@]2(O)O[C@H](C[C@@H](O)[C@H]2O)C[C@@H](OCOC)[C@H](OCOC)C(=O)O1)COCc1ccccc1. The number of carbonyl (C=O) groups excluding carboxylic acids is 1. The van der Waals surface area contributed by atoms with Crippen LogP contribution in [0.25, 0.3) is 0 Å². The Balaban J connectivity index is 2.01. The molecular formula is C36H58O13. The molecule has 13 nitrogen and oxygen atoms in total. The van der Waals surface area contributed by atoms with Gasteiger partial charge < -0.3 is 58.3 Å². The molecular weight excluding hydrogens is 640 g/mol. The maximum atomic E-state index is 14.0. The second-order valence-electron chi connectivity index (χ2n) is 13.6. The molecule has 2 fully saturated rings. The number of carbonyl (C=O) groups is 1. The van der Waals surface area contributed by atoms with Gasteiger partial charge in [0.05, 0.1) is 43.7 Å². The van der Waals surface area contributed by atoms with Crippen molar-refractivity contribution in [3.63, 3.8) is 0 Å². The fraction of sp³-hybridized carbons (Fsp3) is 0.750. The number of fused-ring (bicyclic) bond motifs is 2. The maximum absolute atomic E-state index is 14.0. The van der Waals surface area contributed by atoms with E-state index in [9.17, 15) is 25.2 Å². The van der Waals surface area contributed by atoms with Crippen LogP contribution in [-0.2, 0) is 49.3 Å². The molecule has 10 atom stereocenters. The van der Waals surface area contributed by atoms with E-state index in [1.165, 1.54) is 21.3 Å². The lowest BCUT2D eigenvalue weighted by Gasteiger charge is -2.53. The molecule has 0 radical (unpaired) electrons. The molecule has 2 saturated heterocycles. The Bertz CT molecular complexity index is 1150. The van der Waals surface area contributed by atoms with Crippen LogP contribution in [0.5, 0.6) is 0 Å². The van der Waals surface area contributed by atoms with Crippen LogP contribution in [0.3, 0.4) is 0 Å². The van der Waals surface area contributed by atoms with Gasteiger partial charge in [-0.05, 0) is 24.5 Å². The topological polar surface area (TPSA) is 172 Å². The first-order valence-electron chi connectivity index (χ1n) is 17.0. The summed E-state index contributed by atoms with van der Waals surface area (Å²) in [5, 5.41) is 45.4. The Morgan fingerprint density at radius 1 is 1.00 bits per heavy atom. The highest BCUT2D eigenvalue weighted by Gasteiger charge is 2.60. The summed E-state index contributed by atoms with van der Waals surface area (Å²) in [6.45, 7) is 7.47. The van der Waals surface area contributed by atoms with E-state index >= 15 is 0 Å². The molecule has 0 unspecified atom stereocenters. The van der Waals surface area contributed by atoms with Crippen molar-refractivity contribution >= 4 is 5.97 Å². The molecule has 2 aliphatic heterocycles. The van der Waals surface area contributed by atoms with Crippen molar-refractivity contribution in [2.75, 3.05) is 41.5 Å². The molecule has 1 aromatic carbocycles. The number of aliphatic hydroxyl groups is 4. The quantitative estimate of drug-likeness (QED) is 0.127. The van der Waals surface area contributed by atoms with Gasteiger partial charge in [-0.2, -0.15) is 0 Å². The minimum Gasteiger partial charge on any atom is -0.456 e. The predicted octanol–water partition coefficient (Wildman–Crippen LogP) is 2.85. The molecule has 4 N–H and O–H groups in total. The normalized spacial score (nSPS) is 33.8. The largest absolute Gasteiger partial charge is 0.456 e. The van der Waals surface area contributed by atoms with Gasteiger partial charge >= 0.3 is 5.97 Å². The van der Waals surface area contributed by atoms with Crippen LogP contribution in [0, 0.1) is 11.3 Å². The highest BCUT2D eigenvalue weighted by Crippen LogP contribution is 2.46. The van der Waals surface area contributed by atoms with Gasteiger partial charge in [0.25, 0.3) is 0 Å². The number of hydrogen-bond acceptors (Lipinski definition) is 13. The minimum atomic E-state index is -2.38. The Morgan fingerprint density at radius 3 is 2.31 bits per heavy atom. The predicted molar refractivity (Wildman–Crippen MR) is 178 cm³/mol. The number of ether oxygens (including phenoxy) is 8. The first kappa shape index (κ1) is 41.4. The second kappa shape index (κ2) is 19.6. The summed E-state index contributed by atoms with van der Waals surface area (Å²) >= 11 is 0. The summed E-state index contributed by atoms with van der Waals surface area (Å²) in [5.41, 5.74) is 0.321. The Kier molecular flexibility index (Phi) is 16.5. The lowest BCUT2D eigenvalue weighted by atomic mass is 9.70. The van der Waals surface area contributed by atoms with Gasteiger partial charge in [0.1, 0.15) is 25.8 Å². The van der Waals surface area contributed by atoms with E-state index in [0.717, 1.165) is 17.6 Å². The molecule has 49 heavy (non-hydrogen) atoms. The van der Waals surface area contributed by atoms with Gasteiger partial charge in [0, 0.05) is 58.3 Å². The highest BCUT2D eigenvalue weighted by molar-refractivity contribution is 5.76. The molecule has 2 bridgehead atoms. The first-order chi connectivity index (χ1) is 23.3. The van der Waals surface area contributed by atoms with Crippen LogP contribution in [-0.4, -0.2) is 123 Å². The van der Waals surface area contributed by atoms with Crippen molar-refractivity contribution in [3.8, 4) is 0 Å². The molecule has 2 aliphatic rings. The second-order valence-corrected chi connectivity index (χ2v) is 13.6. The van der Waals surface area contributed by atoms with Gasteiger partial charge in [-0.3, -0.25) is 0 Å². The summed E-state index contributed by atoms with van der Waals surface area (Å²) < 4.78 is 46.1. The van der Waals surface area contributed by atoms with Crippen LogP contribution in [0.2, 0.25) is 0 Å². The first-order valence-corrected chi connectivity index (χ1v) is 17.0. The van der Waals surface area contributed by atoms with Crippen molar-refractivity contribution in [1.29, 1.82) is 0 Å². The summed E-state index contributed by atoms with van der Waals surface area (Å²) in [5.74, 6) is -3.11. The maximum Gasteiger partial charge on any atom is 0.338 e. The number of esters is 1. The third kappa shape index (κ3) is 11.0. The van der Waals surface area contributed by atoms with E-state index in [-0.39, 0.29) is 45.2 Å². The third-order valence-corrected chi connectivity index (χ3v) is 9.73. The molecule has 13 heteroatoms. The van der Waals surface area contributed by atoms with Gasteiger partial charge in [0.2, 0.25) is 5.79 Å². The van der Waals surface area contributed by atoms with Crippen molar-refractivity contribution in [2.45, 2.75) is 121 Å². The third-order valence-electron chi connectivity index (χ3n) is 9.73. The molecule has 2 heterocycles. The molecule has 280 valence electrons. The van der Waals surface area contributed by atoms with Crippen LogP contribution in [0.4, 0.5) is 0 Å². The van der Waals surface area contributed by atoms with Crippen LogP contribution < -0.4 is 0 Å². The van der Waals surface area contributed by atoms with Crippen molar-refractivity contribution in [1.82, 2.24) is 0 Å². The van der Waals surface area contributed by atoms with Crippen molar-refractivity contribution in [3.05, 3.63) is 47.5 Å². The zero-order valence-corrected chi connectivity index (χ0v) is 30.0. The molecule has 1 aromatic rings. The number of methoxy groups -OCH3 is 3. The van der Waals surface area contributed by atoms with Gasteiger partial charge in [-0.25, -0.2) is 4.79 Å². The van der Waals surface area contributed by atoms with E-state index in [4.69, 9.17) is 37.9 Å². The summed E-state index contributed by atoms with van der Waals surface area (Å²) in [6, 6.07) is 9.89. The average molecular weight is 699 g/mol. The van der Waals surface area contributed by atoms with E-state index in [1.54, 1.807) is 13.8 Å². The van der Waals surface area contributed by atoms with E-state index in [1.807, 2.05) is 43.3 Å². The molecule has 0 aliphatic carbocycles. The molecule has 0 amide bonds. The van der Waals surface area contributed by atoms with Gasteiger partial charge in [-0.1, -0.05) is 57.2 Å². The summed E-state index contributed by atoms with van der Waals surface area (Å²) in [6.07, 6.45) is -6.43. The average Bonchev–Trinajstić information content (AvgIpc) is 3.08. The fourth-order valence-corrected chi connectivity index (χ4v) is 6.38. The van der Waals surface area contributed by atoms with E-state index < -0.39 is 66.0 Å². The van der Waals surface area contributed by atoms with Crippen LogP contribution in [0.15, 0.2) is 42.0 Å². The highest BCUT2D eigenvalue weighted by atomic mass is 16.7.